The predicted molar refractivity (Wildman–Crippen MR) is 74.0 cm³/mol. The van der Waals surface area contributed by atoms with E-state index < -0.39 is 24.1 Å². The Labute approximate surface area is 120 Å². The molecule has 1 fully saturated rings. The first-order valence-electron chi connectivity index (χ1n) is 6.32. The minimum Gasteiger partial charge on any atom is -0.480 e. The number of likely N-dealkylation sites (tertiary alicyclic amines) is 1. The van der Waals surface area contributed by atoms with Crippen LogP contribution in [0.3, 0.4) is 0 Å². The summed E-state index contributed by atoms with van der Waals surface area (Å²) < 4.78 is 0. The van der Waals surface area contributed by atoms with Crippen molar-refractivity contribution < 1.29 is 19.8 Å². The Balaban J connectivity index is 2.05. The van der Waals surface area contributed by atoms with Gasteiger partial charge >= 0.3 is 12.0 Å². The van der Waals surface area contributed by atoms with Crippen molar-refractivity contribution in [2.45, 2.75) is 38.3 Å². The number of β-amino-alcohol motifs (C(OH)–C–C–N with tert-alkyl or cyclic N) is 1. The third-order valence-corrected chi connectivity index (χ3v) is 3.93. The number of amides is 2. The number of thiazole rings is 1. The molecule has 2 heterocycles. The Morgan fingerprint density at radius 2 is 2.25 bits per heavy atom. The number of nitrogens with zero attached hydrogens (tertiary/aromatic N) is 2. The fourth-order valence-electron chi connectivity index (χ4n) is 2.04. The van der Waals surface area contributed by atoms with E-state index in [2.05, 4.69) is 10.3 Å². The van der Waals surface area contributed by atoms with E-state index in [0.29, 0.717) is 5.13 Å². The molecule has 8 heteroatoms. The topological polar surface area (TPSA) is 103 Å². The van der Waals surface area contributed by atoms with Gasteiger partial charge in [-0.3, -0.25) is 5.32 Å². The van der Waals surface area contributed by atoms with E-state index in [4.69, 9.17) is 5.11 Å². The van der Waals surface area contributed by atoms with E-state index in [0.717, 1.165) is 10.6 Å². The second-order valence-electron chi connectivity index (χ2n) is 5.06. The average Bonchev–Trinajstić information content (AvgIpc) is 2.95. The summed E-state index contributed by atoms with van der Waals surface area (Å²) in [7, 11) is 0. The van der Waals surface area contributed by atoms with Gasteiger partial charge in [0.25, 0.3) is 0 Å². The monoisotopic (exact) mass is 299 g/mol. The number of aliphatic hydroxyl groups is 1. The molecule has 0 spiro atoms. The highest BCUT2D eigenvalue weighted by molar-refractivity contribution is 7.13. The van der Waals surface area contributed by atoms with Crippen molar-refractivity contribution >= 4 is 28.5 Å². The molecular weight excluding hydrogens is 282 g/mol. The molecule has 1 saturated heterocycles. The number of aliphatic carboxylic acids is 1. The maximum atomic E-state index is 12.1. The number of carboxylic acid groups (broad SMARTS) is 1. The lowest BCUT2D eigenvalue weighted by atomic mass is 10.2. The highest BCUT2D eigenvalue weighted by atomic mass is 32.1. The molecule has 110 valence electrons. The van der Waals surface area contributed by atoms with E-state index in [9.17, 15) is 14.7 Å². The molecule has 0 saturated carbocycles. The maximum Gasteiger partial charge on any atom is 0.326 e. The van der Waals surface area contributed by atoms with Crippen LogP contribution >= 0.6 is 11.3 Å². The minimum atomic E-state index is -1.11. The summed E-state index contributed by atoms with van der Waals surface area (Å²) in [5, 5.41) is 23.4. The van der Waals surface area contributed by atoms with Crippen molar-refractivity contribution in [2.75, 3.05) is 11.9 Å². The predicted octanol–water partition coefficient (Wildman–Crippen LogP) is 1.32. The Bertz CT molecular complexity index is 517. The highest BCUT2D eigenvalue weighted by Gasteiger charge is 2.39. The van der Waals surface area contributed by atoms with Gasteiger partial charge in [0.1, 0.15) is 6.04 Å². The van der Waals surface area contributed by atoms with Gasteiger partial charge in [-0.2, -0.15) is 0 Å². The first kappa shape index (κ1) is 14.7. The van der Waals surface area contributed by atoms with Gasteiger partial charge in [0.15, 0.2) is 5.13 Å². The second kappa shape index (κ2) is 5.76. The normalized spacial score (nSPS) is 22.3. The molecule has 20 heavy (non-hydrogen) atoms. The molecule has 2 amide bonds. The van der Waals surface area contributed by atoms with Gasteiger partial charge in [0.2, 0.25) is 0 Å². The summed E-state index contributed by atoms with van der Waals surface area (Å²) in [5.41, 5.74) is 0.876. The number of hydrogen-bond donors (Lipinski definition) is 3. The molecule has 1 unspecified atom stereocenters. The molecule has 0 aromatic carbocycles. The number of aromatic nitrogens is 1. The van der Waals surface area contributed by atoms with E-state index >= 15 is 0 Å². The summed E-state index contributed by atoms with van der Waals surface area (Å²) in [6.45, 7) is 4.01. The van der Waals surface area contributed by atoms with Crippen LogP contribution in [-0.2, 0) is 4.79 Å². The van der Waals surface area contributed by atoms with Gasteiger partial charge in [0, 0.05) is 18.3 Å². The zero-order valence-electron chi connectivity index (χ0n) is 11.2. The number of urea groups is 1. The van der Waals surface area contributed by atoms with E-state index in [1.807, 2.05) is 19.2 Å². The molecule has 1 aromatic rings. The fraction of sp³-hybridized carbons (Fsp3) is 0.583. The highest BCUT2D eigenvalue weighted by Crippen LogP contribution is 2.23. The van der Waals surface area contributed by atoms with Gasteiger partial charge in [-0.05, 0) is 5.92 Å². The number of carboxylic acids is 1. The Morgan fingerprint density at radius 3 is 2.80 bits per heavy atom. The summed E-state index contributed by atoms with van der Waals surface area (Å²) in [6, 6.07) is -1.53. The fourth-order valence-corrected chi connectivity index (χ4v) is 2.91. The number of aliphatic hydroxyl groups excluding tert-OH is 1. The minimum absolute atomic E-state index is 0.0191. The van der Waals surface area contributed by atoms with Crippen LogP contribution in [0.25, 0.3) is 0 Å². The molecule has 0 aliphatic carbocycles. The third kappa shape index (κ3) is 3.07. The molecule has 1 aliphatic heterocycles. The quantitative estimate of drug-likeness (QED) is 0.781. The largest absolute Gasteiger partial charge is 0.480 e. The lowest BCUT2D eigenvalue weighted by Gasteiger charge is -2.20. The standard InChI is InChI=1S/C12H17N3O4S/c1-6(2)8-5-20-11(13-8)14-12(19)15-4-7(16)3-9(15)10(17)18/h5-7,9,16H,3-4H2,1-2H3,(H,17,18)(H,13,14,19)/t7?,9-/m0/s1. The smallest absolute Gasteiger partial charge is 0.326 e. The maximum absolute atomic E-state index is 12.1. The molecule has 2 rings (SSSR count). The van der Waals surface area contributed by atoms with Crippen LogP contribution in [0.15, 0.2) is 5.38 Å². The third-order valence-electron chi connectivity index (χ3n) is 3.15. The van der Waals surface area contributed by atoms with Crippen molar-refractivity contribution in [1.29, 1.82) is 0 Å². The van der Waals surface area contributed by atoms with Gasteiger partial charge in [-0.25, -0.2) is 14.6 Å². The lowest BCUT2D eigenvalue weighted by molar-refractivity contribution is -0.141. The molecule has 3 N–H and O–H groups in total. The van der Waals surface area contributed by atoms with E-state index in [-0.39, 0.29) is 18.9 Å². The lowest BCUT2D eigenvalue weighted by Crippen LogP contribution is -2.43. The zero-order valence-corrected chi connectivity index (χ0v) is 12.1. The summed E-state index contributed by atoms with van der Waals surface area (Å²) in [5.74, 6) is -0.851. The number of carbonyl (C=O) groups excluding carboxylic acids is 1. The van der Waals surface area contributed by atoms with Crippen molar-refractivity contribution in [3.8, 4) is 0 Å². The van der Waals surface area contributed by atoms with Crippen molar-refractivity contribution in [2.24, 2.45) is 0 Å². The van der Waals surface area contributed by atoms with Crippen LogP contribution in [0, 0.1) is 0 Å². The Kier molecular flexibility index (Phi) is 4.24. The number of carbonyl (C=O) groups is 2. The van der Waals surface area contributed by atoms with Crippen LogP contribution in [0.5, 0.6) is 0 Å². The van der Waals surface area contributed by atoms with Gasteiger partial charge in [-0.15, -0.1) is 11.3 Å². The Morgan fingerprint density at radius 1 is 1.55 bits per heavy atom. The van der Waals surface area contributed by atoms with Crippen LogP contribution in [0.2, 0.25) is 0 Å². The van der Waals surface area contributed by atoms with Crippen LogP contribution in [0.4, 0.5) is 9.93 Å². The first-order valence-corrected chi connectivity index (χ1v) is 7.20. The zero-order chi connectivity index (χ0) is 14.9. The van der Waals surface area contributed by atoms with E-state index in [1.165, 1.54) is 11.3 Å². The number of hydrogen-bond acceptors (Lipinski definition) is 5. The second-order valence-corrected chi connectivity index (χ2v) is 5.92. The average molecular weight is 299 g/mol. The van der Waals surface area contributed by atoms with Crippen molar-refractivity contribution in [3.63, 3.8) is 0 Å². The molecule has 1 aromatic heterocycles. The number of nitrogens with one attached hydrogen (secondary N) is 1. The van der Waals surface area contributed by atoms with Crippen molar-refractivity contribution in [3.05, 3.63) is 11.1 Å². The number of anilines is 1. The van der Waals surface area contributed by atoms with Crippen LogP contribution in [-0.4, -0.2) is 50.8 Å². The number of rotatable bonds is 3. The summed E-state index contributed by atoms with van der Waals surface area (Å²) in [6.07, 6.45) is -0.748. The van der Waals surface area contributed by atoms with Crippen molar-refractivity contribution in [1.82, 2.24) is 9.88 Å². The first-order chi connectivity index (χ1) is 9.38. The summed E-state index contributed by atoms with van der Waals surface area (Å²) >= 11 is 1.30. The molecule has 0 bridgehead atoms. The van der Waals surface area contributed by atoms with Gasteiger partial charge in [0.05, 0.1) is 11.8 Å². The van der Waals surface area contributed by atoms with Crippen LogP contribution < -0.4 is 5.32 Å². The van der Waals surface area contributed by atoms with Gasteiger partial charge < -0.3 is 15.1 Å². The van der Waals surface area contributed by atoms with Gasteiger partial charge in [-0.1, -0.05) is 13.8 Å². The molecule has 7 nitrogen and oxygen atoms in total. The molecule has 0 radical (unpaired) electrons. The SMILES string of the molecule is CC(C)c1csc(NC(=O)N2CC(O)C[C@H]2C(=O)O)n1. The van der Waals surface area contributed by atoms with Crippen LogP contribution in [0.1, 0.15) is 31.9 Å². The molecule has 1 aliphatic rings. The molecule has 2 atom stereocenters. The van der Waals surface area contributed by atoms with E-state index in [1.54, 1.807) is 0 Å². The summed E-state index contributed by atoms with van der Waals surface area (Å²) in [4.78, 5) is 28.5. The Hall–Kier alpha value is -1.67. The molecular formula is C12H17N3O4S.